The van der Waals surface area contributed by atoms with Crippen molar-refractivity contribution in [3.05, 3.63) is 59.2 Å². The van der Waals surface area contributed by atoms with Crippen LogP contribution in [0.15, 0.2) is 42.5 Å². The van der Waals surface area contributed by atoms with Gasteiger partial charge in [0, 0.05) is 12.1 Å². The van der Waals surface area contributed by atoms with Gasteiger partial charge in [0.15, 0.2) is 18.1 Å². The number of amides is 1. The van der Waals surface area contributed by atoms with Gasteiger partial charge in [-0.15, -0.1) is 0 Å². The Morgan fingerprint density at radius 3 is 2.52 bits per heavy atom. The second-order valence-electron chi connectivity index (χ2n) is 5.40. The molecule has 132 valence electrons. The molecule has 2 aromatic carbocycles. The summed E-state index contributed by atoms with van der Waals surface area (Å²) in [6.07, 6.45) is 0. The van der Waals surface area contributed by atoms with Crippen molar-refractivity contribution in [1.82, 2.24) is 5.32 Å². The Hall–Kier alpha value is -3.02. The monoisotopic (exact) mass is 343 g/mol. The molecule has 0 spiro atoms. The zero-order valence-corrected chi connectivity index (χ0v) is 14.5. The van der Waals surface area contributed by atoms with Crippen LogP contribution in [0.5, 0.6) is 11.5 Å². The minimum atomic E-state index is -0.498. The van der Waals surface area contributed by atoms with Crippen LogP contribution < -0.4 is 14.8 Å². The fourth-order valence-electron chi connectivity index (χ4n) is 2.23. The van der Waals surface area contributed by atoms with E-state index in [1.54, 1.807) is 18.2 Å². The highest BCUT2D eigenvalue weighted by molar-refractivity contribution is 5.94. The number of hydrogen-bond acceptors (Lipinski definition) is 5. The van der Waals surface area contributed by atoms with Gasteiger partial charge in [0.1, 0.15) is 0 Å². The molecule has 0 saturated heterocycles. The third-order valence-electron chi connectivity index (χ3n) is 3.53. The maximum atomic E-state index is 12.3. The number of hydrogen-bond donors (Lipinski definition) is 1. The summed E-state index contributed by atoms with van der Waals surface area (Å²) in [7, 11) is 2.75. The summed E-state index contributed by atoms with van der Waals surface area (Å²) in [5.41, 5.74) is 2.61. The fourth-order valence-corrected chi connectivity index (χ4v) is 2.23. The standard InChI is InChI=1S/C19H21NO5/c1-13-5-4-6-14(9-13)11-20-19(22)15-7-8-16(17(10-15)23-2)25-12-18(21)24-3/h4-10H,11-12H2,1-3H3,(H,20,22). The minimum Gasteiger partial charge on any atom is -0.493 e. The van der Waals surface area contributed by atoms with Crippen LogP contribution in [0.4, 0.5) is 0 Å². The van der Waals surface area contributed by atoms with E-state index in [1.807, 2.05) is 31.2 Å². The molecule has 6 heteroatoms. The molecule has 0 fully saturated rings. The average molecular weight is 343 g/mol. The molecule has 0 aliphatic heterocycles. The summed E-state index contributed by atoms with van der Waals surface area (Å²) < 4.78 is 15.1. The molecule has 0 aromatic heterocycles. The van der Waals surface area contributed by atoms with E-state index in [4.69, 9.17) is 9.47 Å². The third-order valence-corrected chi connectivity index (χ3v) is 3.53. The molecule has 6 nitrogen and oxygen atoms in total. The minimum absolute atomic E-state index is 0.223. The molecule has 25 heavy (non-hydrogen) atoms. The molecule has 0 saturated carbocycles. The van der Waals surface area contributed by atoms with Crippen LogP contribution in [0.3, 0.4) is 0 Å². The Morgan fingerprint density at radius 1 is 1.04 bits per heavy atom. The van der Waals surface area contributed by atoms with Gasteiger partial charge in [-0.3, -0.25) is 4.79 Å². The molecule has 2 aromatic rings. The Balaban J connectivity index is 2.03. The van der Waals surface area contributed by atoms with Crippen LogP contribution in [0.2, 0.25) is 0 Å². The van der Waals surface area contributed by atoms with Crippen LogP contribution in [0.25, 0.3) is 0 Å². The molecular formula is C19H21NO5. The van der Waals surface area contributed by atoms with Gasteiger partial charge in [-0.05, 0) is 30.7 Å². The van der Waals surface area contributed by atoms with Crippen molar-refractivity contribution in [2.75, 3.05) is 20.8 Å². The molecule has 0 aliphatic carbocycles. The number of aryl methyl sites for hydroxylation is 1. The van der Waals surface area contributed by atoms with Crippen molar-refractivity contribution in [3.63, 3.8) is 0 Å². The normalized spacial score (nSPS) is 10.0. The van der Waals surface area contributed by atoms with Crippen LogP contribution in [-0.2, 0) is 16.1 Å². The van der Waals surface area contributed by atoms with E-state index >= 15 is 0 Å². The molecule has 1 amide bonds. The predicted octanol–water partition coefficient (Wildman–Crippen LogP) is 2.49. The molecule has 0 bridgehead atoms. The number of rotatable bonds is 7. The van der Waals surface area contributed by atoms with E-state index in [9.17, 15) is 9.59 Å². The van der Waals surface area contributed by atoms with Crippen molar-refractivity contribution in [2.45, 2.75) is 13.5 Å². The molecule has 0 atom stereocenters. The number of nitrogens with one attached hydrogen (secondary N) is 1. The van der Waals surface area contributed by atoms with Gasteiger partial charge in [-0.25, -0.2) is 4.79 Å². The van der Waals surface area contributed by atoms with Crippen LogP contribution >= 0.6 is 0 Å². The summed E-state index contributed by atoms with van der Waals surface area (Å²) in [5.74, 6) is 0.0107. The lowest BCUT2D eigenvalue weighted by atomic mass is 10.1. The van der Waals surface area contributed by atoms with Crippen molar-refractivity contribution < 1.29 is 23.8 Å². The fraction of sp³-hybridized carbons (Fsp3) is 0.263. The summed E-state index contributed by atoms with van der Waals surface area (Å²) in [4.78, 5) is 23.5. The van der Waals surface area contributed by atoms with Gasteiger partial charge >= 0.3 is 5.97 Å². The lowest BCUT2D eigenvalue weighted by molar-refractivity contribution is -0.142. The van der Waals surface area contributed by atoms with Crippen molar-refractivity contribution in [2.24, 2.45) is 0 Å². The average Bonchev–Trinajstić information content (AvgIpc) is 2.64. The highest BCUT2D eigenvalue weighted by atomic mass is 16.6. The van der Waals surface area contributed by atoms with E-state index < -0.39 is 5.97 Å². The first-order chi connectivity index (χ1) is 12.0. The van der Waals surface area contributed by atoms with Crippen molar-refractivity contribution in [3.8, 4) is 11.5 Å². The van der Waals surface area contributed by atoms with Crippen LogP contribution in [-0.4, -0.2) is 32.7 Å². The second kappa shape index (κ2) is 8.73. The second-order valence-corrected chi connectivity index (χ2v) is 5.40. The maximum absolute atomic E-state index is 12.3. The van der Waals surface area contributed by atoms with E-state index in [0.29, 0.717) is 23.6 Å². The predicted molar refractivity (Wildman–Crippen MR) is 92.9 cm³/mol. The van der Waals surface area contributed by atoms with Crippen molar-refractivity contribution >= 4 is 11.9 Å². The highest BCUT2D eigenvalue weighted by Gasteiger charge is 2.12. The van der Waals surface area contributed by atoms with Gasteiger partial charge in [0.25, 0.3) is 5.91 Å². The number of carbonyl (C=O) groups excluding carboxylic acids is 2. The molecule has 0 unspecified atom stereocenters. The smallest absolute Gasteiger partial charge is 0.343 e. The van der Waals surface area contributed by atoms with E-state index in [0.717, 1.165) is 11.1 Å². The number of carbonyl (C=O) groups is 2. The van der Waals surface area contributed by atoms with Gasteiger partial charge < -0.3 is 19.5 Å². The summed E-state index contributed by atoms with van der Waals surface area (Å²) in [6.45, 7) is 2.21. The van der Waals surface area contributed by atoms with Crippen molar-refractivity contribution in [1.29, 1.82) is 0 Å². The van der Waals surface area contributed by atoms with E-state index in [-0.39, 0.29) is 12.5 Å². The number of ether oxygens (including phenoxy) is 3. The Morgan fingerprint density at radius 2 is 1.84 bits per heavy atom. The summed E-state index contributed by atoms with van der Waals surface area (Å²) >= 11 is 0. The Labute approximate surface area is 146 Å². The first kappa shape index (κ1) is 18.3. The van der Waals surface area contributed by atoms with Gasteiger partial charge in [0.2, 0.25) is 0 Å². The van der Waals surface area contributed by atoms with Gasteiger partial charge in [-0.1, -0.05) is 29.8 Å². The number of esters is 1. The molecule has 1 N–H and O–H groups in total. The Bertz CT molecular complexity index is 757. The van der Waals surface area contributed by atoms with E-state index in [2.05, 4.69) is 10.1 Å². The molecule has 0 radical (unpaired) electrons. The maximum Gasteiger partial charge on any atom is 0.343 e. The number of methoxy groups -OCH3 is 2. The first-order valence-electron chi connectivity index (χ1n) is 7.75. The third kappa shape index (κ3) is 5.24. The summed E-state index contributed by atoms with van der Waals surface area (Å²) in [6, 6.07) is 12.7. The lowest BCUT2D eigenvalue weighted by Crippen LogP contribution is -2.23. The lowest BCUT2D eigenvalue weighted by Gasteiger charge is -2.12. The van der Waals surface area contributed by atoms with Crippen LogP contribution in [0.1, 0.15) is 21.5 Å². The van der Waals surface area contributed by atoms with Gasteiger partial charge in [-0.2, -0.15) is 0 Å². The number of benzene rings is 2. The highest BCUT2D eigenvalue weighted by Crippen LogP contribution is 2.28. The molecule has 0 aliphatic rings. The quantitative estimate of drug-likeness (QED) is 0.782. The first-order valence-corrected chi connectivity index (χ1v) is 7.75. The molecule has 0 heterocycles. The topological polar surface area (TPSA) is 73.9 Å². The molecular weight excluding hydrogens is 322 g/mol. The molecule has 2 rings (SSSR count). The van der Waals surface area contributed by atoms with E-state index in [1.165, 1.54) is 14.2 Å². The zero-order valence-electron chi connectivity index (χ0n) is 14.5. The van der Waals surface area contributed by atoms with Crippen LogP contribution in [0, 0.1) is 6.92 Å². The SMILES string of the molecule is COC(=O)COc1ccc(C(=O)NCc2cccc(C)c2)cc1OC. The van der Waals surface area contributed by atoms with Gasteiger partial charge in [0.05, 0.1) is 14.2 Å². The Kier molecular flexibility index (Phi) is 6.39. The largest absolute Gasteiger partial charge is 0.493 e. The zero-order chi connectivity index (χ0) is 18.2. The summed E-state index contributed by atoms with van der Waals surface area (Å²) in [5, 5.41) is 2.86.